The van der Waals surface area contributed by atoms with E-state index < -0.39 is 6.10 Å². The molecule has 0 N–H and O–H groups in total. The number of unbranched alkanes of at least 4 members (excludes halogenated alkanes) is 44. The Bertz CT molecular complexity index is 1520. The molecule has 1 unspecified atom stereocenters. The van der Waals surface area contributed by atoms with Gasteiger partial charge in [-0.05, 0) is 89.9 Å². The van der Waals surface area contributed by atoms with Gasteiger partial charge in [-0.25, -0.2) is 0 Å². The van der Waals surface area contributed by atoms with Crippen molar-refractivity contribution in [1.82, 2.24) is 0 Å². The molecule has 0 saturated carbocycles. The molecule has 0 aromatic rings. The minimum Gasteiger partial charge on any atom is -0.462 e. The van der Waals surface area contributed by atoms with Gasteiger partial charge in [0.25, 0.3) is 0 Å². The molecule has 0 radical (unpaired) electrons. The van der Waals surface area contributed by atoms with Crippen molar-refractivity contribution in [3.63, 3.8) is 0 Å². The van der Waals surface area contributed by atoms with Crippen LogP contribution in [0.3, 0.4) is 0 Å². The van der Waals surface area contributed by atoms with Crippen molar-refractivity contribution in [2.24, 2.45) is 0 Å². The Hall–Kier alpha value is -3.15. The molecule has 0 heterocycles. The van der Waals surface area contributed by atoms with E-state index in [4.69, 9.17) is 14.2 Å². The Morgan fingerprint density at radius 1 is 0.253 bits per heavy atom. The van der Waals surface area contributed by atoms with Crippen molar-refractivity contribution in [3.8, 4) is 0 Å². The molecule has 0 aliphatic rings. The second kappa shape index (κ2) is 71.3. The maximum absolute atomic E-state index is 12.9. The van der Waals surface area contributed by atoms with Crippen molar-refractivity contribution in [3.05, 3.63) is 72.9 Å². The summed E-state index contributed by atoms with van der Waals surface area (Å²) < 4.78 is 17.0. The zero-order valence-electron chi connectivity index (χ0n) is 55.5. The van der Waals surface area contributed by atoms with Crippen LogP contribution in [0.1, 0.15) is 380 Å². The lowest BCUT2D eigenvalue weighted by atomic mass is 10.0. The van der Waals surface area contributed by atoms with Gasteiger partial charge < -0.3 is 14.2 Å². The van der Waals surface area contributed by atoms with Gasteiger partial charge in [-0.1, -0.05) is 344 Å². The Morgan fingerprint density at radius 2 is 0.470 bits per heavy atom. The van der Waals surface area contributed by atoms with Gasteiger partial charge >= 0.3 is 17.9 Å². The summed E-state index contributed by atoms with van der Waals surface area (Å²) in [7, 11) is 0. The van der Waals surface area contributed by atoms with E-state index in [2.05, 4.69) is 93.7 Å². The van der Waals surface area contributed by atoms with E-state index in [1.807, 2.05) is 0 Å². The zero-order chi connectivity index (χ0) is 59.9. The summed E-state index contributed by atoms with van der Waals surface area (Å²) in [5.41, 5.74) is 0. The number of allylic oxidation sites excluding steroid dienone is 12. The van der Waals surface area contributed by atoms with Gasteiger partial charge in [0.15, 0.2) is 6.10 Å². The van der Waals surface area contributed by atoms with Crippen molar-refractivity contribution in [2.45, 2.75) is 386 Å². The van der Waals surface area contributed by atoms with E-state index in [0.717, 1.165) is 89.9 Å². The van der Waals surface area contributed by atoms with Crippen LogP contribution in [-0.2, 0) is 28.6 Å². The Balaban J connectivity index is 4.16. The molecule has 0 amide bonds. The Labute approximate surface area is 516 Å². The molecule has 6 nitrogen and oxygen atoms in total. The van der Waals surface area contributed by atoms with E-state index in [1.165, 1.54) is 250 Å². The normalized spacial score (nSPS) is 12.5. The molecule has 0 aliphatic heterocycles. The minimum absolute atomic E-state index is 0.0694. The zero-order valence-corrected chi connectivity index (χ0v) is 55.5. The summed E-state index contributed by atoms with van der Waals surface area (Å²) in [4.78, 5) is 38.4. The van der Waals surface area contributed by atoms with Crippen LogP contribution in [0.2, 0.25) is 0 Å². The first-order chi connectivity index (χ1) is 41.0. The van der Waals surface area contributed by atoms with Crippen molar-refractivity contribution in [2.75, 3.05) is 13.2 Å². The summed E-state index contributed by atoms with van der Waals surface area (Å²) in [6.07, 6.45) is 93.7. The van der Waals surface area contributed by atoms with Crippen molar-refractivity contribution in [1.29, 1.82) is 0 Å². The quantitative estimate of drug-likeness (QED) is 0.0261. The molecule has 0 aromatic heterocycles. The van der Waals surface area contributed by atoms with Gasteiger partial charge in [0, 0.05) is 19.3 Å². The predicted molar refractivity (Wildman–Crippen MR) is 362 cm³/mol. The fourth-order valence-corrected chi connectivity index (χ4v) is 10.8. The lowest BCUT2D eigenvalue weighted by Gasteiger charge is -2.18. The van der Waals surface area contributed by atoms with Crippen molar-refractivity contribution >= 4 is 17.9 Å². The van der Waals surface area contributed by atoms with E-state index in [0.29, 0.717) is 19.3 Å². The molecule has 0 fully saturated rings. The average Bonchev–Trinajstić information content (AvgIpc) is 3.49. The second-order valence-corrected chi connectivity index (χ2v) is 24.5. The summed E-state index contributed by atoms with van der Waals surface area (Å²) in [6, 6.07) is 0. The van der Waals surface area contributed by atoms with Gasteiger partial charge in [0.05, 0.1) is 0 Å². The molecule has 0 aliphatic carbocycles. The van der Waals surface area contributed by atoms with E-state index in [-0.39, 0.29) is 31.1 Å². The van der Waals surface area contributed by atoms with Crippen LogP contribution >= 0.6 is 0 Å². The number of hydrogen-bond donors (Lipinski definition) is 0. The highest BCUT2D eigenvalue weighted by Crippen LogP contribution is 2.18. The lowest BCUT2D eigenvalue weighted by molar-refractivity contribution is -0.167. The Morgan fingerprint density at radius 3 is 0.747 bits per heavy atom. The van der Waals surface area contributed by atoms with Gasteiger partial charge in [-0.15, -0.1) is 0 Å². The van der Waals surface area contributed by atoms with Gasteiger partial charge in [-0.3, -0.25) is 14.4 Å². The molecule has 0 spiro atoms. The average molecular weight is 1160 g/mol. The first-order valence-corrected chi connectivity index (χ1v) is 36.4. The predicted octanol–water partition coefficient (Wildman–Crippen LogP) is 25.2. The molecule has 0 aromatic carbocycles. The molecule has 0 bridgehead atoms. The number of carbonyl (C=O) groups excluding carboxylic acids is 3. The van der Waals surface area contributed by atoms with Crippen LogP contribution < -0.4 is 0 Å². The fraction of sp³-hybridized carbons (Fsp3) is 0.805. The fourth-order valence-electron chi connectivity index (χ4n) is 10.8. The number of hydrogen-bond acceptors (Lipinski definition) is 6. The SMILES string of the molecule is CC/C=C\C/C=C\C/C=C\C/C=C\C/C=C\CCCCCCCCCCCCCCCCCCCC(=O)OCC(COC(=O)CCCCCCCCCCCCCCC)OC(=O)CCCCCCCCCCC/C=C\CCCCCCCC. The summed E-state index contributed by atoms with van der Waals surface area (Å²) in [5.74, 6) is -0.846. The monoisotopic (exact) mass is 1160 g/mol. The molecule has 1 atom stereocenters. The topological polar surface area (TPSA) is 78.9 Å². The molecular weight excluding hydrogens is 1020 g/mol. The molecule has 0 saturated heterocycles. The van der Waals surface area contributed by atoms with Crippen LogP contribution in [0, 0.1) is 0 Å². The maximum Gasteiger partial charge on any atom is 0.306 e. The van der Waals surface area contributed by atoms with Gasteiger partial charge in [-0.2, -0.15) is 0 Å². The van der Waals surface area contributed by atoms with E-state index >= 15 is 0 Å². The third kappa shape index (κ3) is 69.5. The molecular formula is C77H138O6. The number of carbonyl (C=O) groups is 3. The number of rotatable bonds is 67. The first-order valence-electron chi connectivity index (χ1n) is 36.4. The molecule has 6 heteroatoms. The second-order valence-electron chi connectivity index (χ2n) is 24.5. The largest absolute Gasteiger partial charge is 0.462 e. The van der Waals surface area contributed by atoms with Crippen molar-refractivity contribution < 1.29 is 28.6 Å². The van der Waals surface area contributed by atoms with Crippen LogP contribution in [0.4, 0.5) is 0 Å². The third-order valence-corrected chi connectivity index (χ3v) is 16.2. The minimum atomic E-state index is -0.773. The van der Waals surface area contributed by atoms with Crippen LogP contribution in [-0.4, -0.2) is 37.2 Å². The van der Waals surface area contributed by atoms with Crippen LogP contribution in [0.15, 0.2) is 72.9 Å². The Kier molecular flexibility index (Phi) is 68.6. The number of ether oxygens (including phenoxy) is 3. The van der Waals surface area contributed by atoms with E-state index in [1.54, 1.807) is 0 Å². The highest BCUT2D eigenvalue weighted by atomic mass is 16.6. The molecule has 0 rings (SSSR count). The van der Waals surface area contributed by atoms with Crippen LogP contribution in [0.5, 0.6) is 0 Å². The molecule has 482 valence electrons. The standard InChI is InChI=1S/C77H138O6/c1-4-7-10-13-16-19-22-25-27-29-31-32-33-34-35-36-37-38-39-40-41-42-43-44-46-47-49-52-55-58-61-64-67-70-76(79)82-73-74(72-81-75(78)69-66-63-60-57-54-51-24-21-18-15-12-9-6-3)83-77(80)71-68-65-62-59-56-53-50-48-45-30-28-26-23-20-17-14-11-8-5-2/h7,10,16,19,25-28,31-32,34-35,74H,4-6,8-9,11-15,17-18,20-24,29-30,33,36-73H2,1-3H3/b10-7-,19-16-,27-25-,28-26-,32-31-,35-34-. The molecule has 83 heavy (non-hydrogen) atoms. The summed E-state index contributed by atoms with van der Waals surface area (Å²) in [6.45, 7) is 6.58. The van der Waals surface area contributed by atoms with Gasteiger partial charge in [0.2, 0.25) is 0 Å². The maximum atomic E-state index is 12.9. The summed E-state index contributed by atoms with van der Waals surface area (Å²) >= 11 is 0. The highest BCUT2D eigenvalue weighted by molar-refractivity contribution is 5.71. The lowest BCUT2D eigenvalue weighted by Crippen LogP contribution is -2.30. The van der Waals surface area contributed by atoms with Crippen LogP contribution in [0.25, 0.3) is 0 Å². The third-order valence-electron chi connectivity index (χ3n) is 16.2. The summed E-state index contributed by atoms with van der Waals surface area (Å²) in [5, 5.41) is 0. The highest BCUT2D eigenvalue weighted by Gasteiger charge is 2.19. The van der Waals surface area contributed by atoms with Gasteiger partial charge in [0.1, 0.15) is 13.2 Å². The van der Waals surface area contributed by atoms with E-state index in [9.17, 15) is 14.4 Å². The smallest absolute Gasteiger partial charge is 0.306 e. The number of esters is 3. The first kappa shape index (κ1) is 79.8.